The first-order valence-corrected chi connectivity index (χ1v) is 10.5. The van der Waals surface area contributed by atoms with Gasteiger partial charge in [-0.3, -0.25) is 19.3 Å². The fourth-order valence-corrected chi connectivity index (χ4v) is 4.67. The molecule has 3 amide bonds. The largest absolute Gasteiger partial charge is 0.341 e. The molecule has 0 spiro atoms. The van der Waals surface area contributed by atoms with Gasteiger partial charge in [0.2, 0.25) is 11.8 Å². The SMILES string of the molecule is CN(Cc1c(F)cccc1Cl)C(=O)CCN1C(=O)c2ccccc2N2C(=O)CC[C@@]12C. The highest BCUT2D eigenvalue weighted by atomic mass is 35.5. The third-order valence-corrected chi connectivity index (χ3v) is 6.53. The Kier molecular flexibility index (Phi) is 5.47. The van der Waals surface area contributed by atoms with Crippen LogP contribution < -0.4 is 4.90 Å². The van der Waals surface area contributed by atoms with Crippen molar-refractivity contribution in [3.05, 3.63) is 64.4 Å². The minimum Gasteiger partial charge on any atom is -0.341 e. The van der Waals surface area contributed by atoms with Crippen LogP contribution in [-0.4, -0.2) is 46.8 Å². The summed E-state index contributed by atoms with van der Waals surface area (Å²) in [5.74, 6) is -0.949. The molecule has 1 atom stereocenters. The number of para-hydroxylation sites is 1. The highest BCUT2D eigenvalue weighted by Gasteiger charge is 2.52. The number of carbonyl (C=O) groups is 3. The Bertz CT molecular complexity index is 1060. The van der Waals surface area contributed by atoms with Gasteiger partial charge >= 0.3 is 0 Å². The van der Waals surface area contributed by atoms with E-state index in [-0.39, 0.29) is 47.8 Å². The fraction of sp³-hybridized carbons (Fsp3) is 0.348. The van der Waals surface area contributed by atoms with Crippen molar-refractivity contribution in [2.24, 2.45) is 0 Å². The molecule has 0 aromatic heterocycles. The van der Waals surface area contributed by atoms with E-state index in [1.807, 2.05) is 6.92 Å². The van der Waals surface area contributed by atoms with Crippen molar-refractivity contribution in [1.29, 1.82) is 0 Å². The van der Waals surface area contributed by atoms with Crippen LogP contribution in [0.4, 0.5) is 10.1 Å². The number of hydrogen-bond donors (Lipinski definition) is 0. The van der Waals surface area contributed by atoms with E-state index in [2.05, 4.69) is 0 Å². The minimum absolute atomic E-state index is 0.0308. The van der Waals surface area contributed by atoms with Gasteiger partial charge in [0.05, 0.1) is 11.3 Å². The molecule has 6 nitrogen and oxygen atoms in total. The van der Waals surface area contributed by atoms with Crippen LogP contribution in [0.25, 0.3) is 0 Å². The standard InChI is InChI=1S/C23H23ClFN3O3/c1-23-12-10-21(30)28(23)19-9-4-3-6-15(19)22(31)27(23)13-11-20(29)26(2)14-16-17(24)7-5-8-18(16)25/h3-9H,10-14H2,1-2H3/t23-/m0/s1. The van der Waals surface area contributed by atoms with E-state index < -0.39 is 11.5 Å². The molecule has 0 saturated carbocycles. The Morgan fingerprint density at radius 3 is 2.68 bits per heavy atom. The lowest BCUT2D eigenvalue weighted by molar-refractivity contribution is -0.130. The number of nitrogens with zero attached hydrogens (tertiary/aromatic N) is 3. The summed E-state index contributed by atoms with van der Waals surface area (Å²) in [6, 6.07) is 11.4. The van der Waals surface area contributed by atoms with Gasteiger partial charge in [-0.25, -0.2) is 4.39 Å². The van der Waals surface area contributed by atoms with E-state index in [1.165, 1.54) is 17.0 Å². The molecule has 0 N–H and O–H groups in total. The maximum atomic E-state index is 14.1. The van der Waals surface area contributed by atoms with E-state index >= 15 is 0 Å². The third-order valence-electron chi connectivity index (χ3n) is 6.18. The zero-order chi connectivity index (χ0) is 22.3. The lowest BCUT2D eigenvalue weighted by Crippen LogP contribution is -2.62. The number of fused-ring (bicyclic) bond motifs is 3. The second-order valence-electron chi connectivity index (χ2n) is 8.12. The van der Waals surface area contributed by atoms with E-state index in [9.17, 15) is 18.8 Å². The van der Waals surface area contributed by atoms with Gasteiger partial charge in [-0.1, -0.05) is 29.8 Å². The summed E-state index contributed by atoms with van der Waals surface area (Å²) >= 11 is 6.07. The van der Waals surface area contributed by atoms with Gasteiger partial charge in [0.1, 0.15) is 11.5 Å². The Balaban J connectivity index is 1.52. The fourth-order valence-electron chi connectivity index (χ4n) is 4.45. The number of anilines is 1. The molecule has 162 valence electrons. The van der Waals surface area contributed by atoms with Crippen LogP contribution in [0.5, 0.6) is 0 Å². The average molecular weight is 444 g/mol. The Hall–Kier alpha value is -2.93. The first-order valence-electron chi connectivity index (χ1n) is 10.1. The molecule has 0 bridgehead atoms. The maximum Gasteiger partial charge on any atom is 0.257 e. The number of hydrogen-bond acceptors (Lipinski definition) is 3. The molecule has 0 radical (unpaired) electrons. The summed E-state index contributed by atoms with van der Waals surface area (Å²) < 4.78 is 14.1. The molecule has 4 rings (SSSR count). The zero-order valence-electron chi connectivity index (χ0n) is 17.4. The molecule has 2 aliphatic heterocycles. The second-order valence-corrected chi connectivity index (χ2v) is 8.53. The van der Waals surface area contributed by atoms with E-state index in [0.29, 0.717) is 24.1 Å². The van der Waals surface area contributed by atoms with Gasteiger partial charge in [-0.05, 0) is 37.6 Å². The maximum absolute atomic E-state index is 14.1. The molecule has 0 unspecified atom stereocenters. The number of halogens is 2. The van der Waals surface area contributed by atoms with Crippen LogP contribution in [-0.2, 0) is 16.1 Å². The van der Waals surface area contributed by atoms with Crippen LogP contribution in [0.1, 0.15) is 42.1 Å². The van der Waals surface area contributed by atoms with Crippen LogP contribution in [0.3, 0.4) is 0 Å². The Morgan fingerprint density at radius 1 is 1.19 bits per heavy atom. The van der Waals surface area contributed by atoms with Gasteiger partial charge in [0.15, 0.2) is 0 Å². The summed E-state index contributed by atoms with van der Waals surface area (Å²) in [7, 11) is 1.57. The molecule has 2 heterocycles. The normalized spacial score (nSPS) is 20.0. The summed E-state index contributed by atoms with van der Waals surface area (Å²) in [6.07, 6.45) is 0.892. The summed E-state index contributed by atoms with van der Waals surface area (Å²) in [5, 5.41) is 0.259. The molecule has 31 heavy (non-hydrogen) atoms. The Morgan fingerprint density at radius 2 is 1.94 bits per heavy atom. The minimum atomic E-state index is -0.809. The predicted molar refractivity (Wildman–Crippen MR) is 115 cm³/mol. The third kappa shape index (κ3) is 3.57. The quantitative estimate of drug-likeness (QED) is 0.705. The van der Waals surface area contributed by atoms with Gasteiger partial charge in [-0.2, -0.15) is 0 Å². The van der Waals surface area contributed by atoms with Crippen molar-refractivity contribution in [1.82, 2.24) is 9.80 Å². The number of rotatable bonds is 5. The van der Waals surface area contributed by atoms with Gasteiger partial charge in [0, 0.05) is 43.6 Å². The van der Waals surface area contributed by atoms with Crippen LogP contribution in [0, 0.1) is 5.82 Å². The molecular formula is C23H23ClFN3O3. The smallest absolute Gasteiger partial charge is 0.257 e. The van der Waals surface area contributed by atoms with Crippen molar-refractivity contribution in [3.63, 3.8) is 0 Å². The van der Waals surface area contributed by atoms with Crippen molar-refractivity contribution < 1.29 is 18.8 Å². The molecule has 8 heteroatoms. The van der Waals surface area contributed by atoms with Gasteiger partial charge < -0.3 is 9.80 Å². The molecule has 1 saturated heterocycles. The lowest BCUT2D eigenvalue weighted by Gasteiger charge is -2.48. The molecule has 2 aromatic carbocycles. The molecular weight excluding hydrogens is 421 g/mol. The average Bonchev–Trinajstić information content (AvgIpc) is 3.05. The van der Waals surface area contributed by atoms with Crippen LogP contribution >= 0.6 is 11.6 Å². The van der Waals surface area contributed by atoms with E-state index in [4.69, 9.17) is 11.6 Å². The van der Waals surface area contributed by atoms with Gasteiger partial charge in [-0.15, -0.1) is 0 Å². The summed E-state index contributed by atoms with van der Waals surface area (Å²) in [6.45, 7) is 2.05. The van der Waals surface area contributed by atoms with Crippen molar-refractivity contribution in [2.75, 3.05) is 18.5 Å². The highest BCUT2D eigenvalue weighted by Crippen LogP contribution is 2.44. The molecule has 2 aromatic rings. The Labute approximate surface area is 185 Å². The second kappa shape index (κ2) is 7.96. The van der Waals surface area contributed by atoms with E-state index in [0.717, 1.165) is 0 Å². The highest BCUT2D eigenvalue weighted by molar-refractivity contribution is 6.31. The molecule has 1 fully saturated rings. The monoisotopic (exact) mass is 443 g/mol. The van der Waals surface area contributed by atoms with Crippen LogP contribution in [0.2, 0.25) is 5.02 Å². The number of amides is 3. The predicted octanol–water partition coefficient (Wildman–Crippen LogP) is 3.83. The first kappa shape index (κ1) is 21.3. The van der Waals surface area contributed by atoms with E-state index in [1.54, 1.807) is 47.2 Å². The van der Waals surface area contributed by atoms with Crippen molar-refractivity contribution in [3.8, 4) is 0 Å². The van der Waals surface area contributed by atoms with Gasteiger partial charge in [0.25, 0.3) is 5.91 Å². The molecule has 0 aliphatic carbocycles. The lowest BCUT2D eigenvalue weighted by atomic mass is 9.98. The first-order chi connectivity index (χ1) is 14.7. The summed E-state index contributed by atoms with van der Waals surface area (Å²) in [5.41, 5.74) is 0.513. The zero-order valence-corrected chi connectivity index (χ0v) is 18.2. The van der Waals surface area contributed by atoms with Crippen molar-refractivity contribution >= 4 is 35.0 Å². The van der Waals surface area contributed by atoms with Crippen LogP contribution in [0.15, 0.2) is 42.5 Å². The van der Waals surface area contributed by atoms with Crippen molar-refractivity contribution in [2.45, 2.75) is 38.4 Å². The number of benzene rings is 2. The topological polar surface area (TPSA) is 60.9 Å². The summed E-state index contributed by atoms with van der Waals surface area (Å²) in [4.78, 5) is 43.3. The molecule has 2 aliphatic rings. The number of carbonyl (C=O) groups excluding carboxylic acids is 3.